The molecule has 1 amide bonds. The van der Waals surface area contributed by atoms with E-state index >= 15 is 0 Å². The van der Waals surface area contributed by atoms with Gasteiger partial charge in [-0.1, -0.05) is 66.2 Å². The quantitative estimate of drug-likeness (QED) is 0.343. The lowest BCUT2D eigenvalue weighted by atomic mass is 10.1. The number of aromatic nitrogens is 2. The molecule has 0 aliphatic heterocycles. The van der Waals surface area contributed by atoms with Crippen LogP contribution >= 0.6 is 11.6 Å². The van der Waals surface area contributed by atoms with E-state index in [9.17, 15) is 4.79 Å². The van der Waals surface area contributed by atoms with Gasteiger partial charge in [0.2, 0.25) is 11.9 Å². The summed E-state index contributed by atoms with van der Waals surface area (Å²) in [5.41, 5.74) is 3.94. The molecule has 1 aromatic heterocycles. The topological polar surface area (TPSA) is 76.1 Å². The average molecular weight is 459 g/mol. The van der Waals surface area contributed by atoms with E-state index in [4.69, 9.17) is 16.3 Å². The van der Waals surface area contributed by atoms with Crippen molar-refractivity contribution in [3.05, 3.63) is 90.0 Å². The number of nitrogens with one attached hydrogen (secondary N) is 2. The van der Waals surface area contributed by atoms with Crippen molar-refractivity contribution in [2.45, 2.75) is 6.92 Å². The van der Waals surface area contributed by atoms with Crippen LogP contribution in [0.5, 0.6) is 5.75 Å². The van der Waals surface area contributed by atoms with Gasteiger partial charge in [-0.05, 0) is 37.3 Å². The number of nitrogens with zero attached hydrogens (tertiary/aromatic N) is 2. The molecule has 4 aromatic rings. The number of halogens is 1. The Bertz CT molecular complexity index is 1230. The van der Waals surface area contributed by atoms with Crippen molar-refractivity contribution in [2.24, 2.45) is 0 Å². The molecule has 2 N–H and O–H groups in total. The van der Waals surface area contributed by atoms with E-state index in [1.54, 1.807) is 12.1 Å². The standard InChI is InChI=1S/C26H23ClN4O2/c1-2-33-24-11-7-6-10-21(24)28-17-25(32)31-26-29-22(18-8-4-3-5-9-18)16-23(30-26)19-12-14-20(27)15-13-19/h3-16,28H,2,17H2,1H3,(H,29,30,31,32). The third-order valence-electron chi connectivity index (χ3n) is 4.81. The van der Waals surface area contributed by atoms with Crippen LogP contribution in [0.2, 0.25) is 5.02 Å². The zero-order chi connectivity index (χ0) is 23.0. The van der Waals surface area contributed by atoms with Gasteiger partial charge in [0.05, 0.1) is 30.2 Å². The van der Waals surface area contributed by atoms with Crippen LogP contribution in [0.1, 0.15) is 6.92 Å². The van der Waals surface area contributed by atoms with E-state index < -0.39 is 0 Å². The number of benzene rings is 3. The number of carbonyl (C=O) groups is 1. The fourth-order valence-electron chi connectivity index (χ4n) is 3.27. The number of ether oxygens (including phenoxy) is 1. The van der Waals surface area contributed by atoms with Gasteiger partial charge in [0.15, 0.2) is 0 Å². The second-order valence-electron chi connectivity index (χ2n) is 7.17. The van der Waals surface area contributed by atoms with Crippen LogP contribution < -0.4 is 15.4 Å². The van der Waals surface area contributed by atoms with Crippen LogP contribution in [0.3, 0.4) is 0 Å². The van der Waals surface area contributed by atoms with E-state index in [1.165, 1.54) is 0 Å². The van der Waals surface area contributed by atoms with E-state index in [0.29, 0.717) is 28.8 Å². The van der Waals surface area contributed by atoms with Crippen LogP contribution in [-0.2, 0) is 4.79 Å². The summed E-state index contributed by atoms with van der Waals surface area (Å²) in [6.45, 7) is 2.50. The number of para-hydroxylation sites is 2. The highest BCUT2D eigenvalue weighted by molar-refractivity contribution is 6.30. The summed E-state index contributed by atoms with van der Waals surface area (Å²) < 4.78 is 5.60. The predicted octanol–water partition coefficient (Wildman–Crippen LogP) is 5.91. The fourth-order valence-corrected chi connectivity index (χ4v) is 3.39. The first kappa shape index (κ1) is 22.3. The maximum Gasteiger partial charge on any atom is 0.246 e. The summed E-state index contributed by atoms with van der Waals surface area (Å²) in [6.07, 6.45) is 0. The zero-order valence-electron chi connectivity index (χ0n) is 18.1. The Hall–Kier alpha value is -3.90. The lowest BCUT2D eigenvalue weighted by Gasteiger charge is -2.13. The molecule has 7 heteroatoms. The first-order valence-corrected chi connectivity index (χ1v) is 11.0. The van der Waals surface area contributed by atoms with Crippen molar-refractivity contribution in [1.29, 1.82) is 0 Å². The molecule has 0 fully saturated rings. The van der Waals surface area contributed by atoms with Gasteiger partial charge in [-0.15, -0.1) is 0 Å². The SMILES string of the molecule is CCOc1ccccc1NCC(=O)Nc1nc(-c2ccccc2)cc(-c2ccc(Cl)cc2)n1. The van der Waals surface area contributed by atoms with Gasteiger partial charge >= 0.3 is 0 Å². The third-order valence-corrected chi connectivity index (χ3v) is 5.07. The third kappa shape index (κ3) is 5.87. The average Bonchev–Trinajstić information content (AvgIpc) is 2.84. The molecule has 0 aliphatic rings. The number of carbonyl (C=O) groups excluding carboxylic acids is 1. The Morgan fingerprint density at radius 1 is 0.879 bits per heavy atom. The maximum atomic E-state index is 12.7. The number of hydrogen-bond donors (Lipinski definition) is 2. The summed E-state index contributed by atoms with van der Waals surface area (Å²) in [5, 5.41) is 6.56. The molecule has 0 radical (unpaired) electrons. The predicted molar refractivity (Wildman–Crippen MR) is 133 cm³/mol. The van der Waals surface area contributed by atoms with Gasteiger partial charge in [0.1, 0.15) is 5.75 Å². The molecule has 0 saturated carbocycles. The molecular weight excluding hydrogens is 436 g/mol. The van der Waals surface area contributed by atoms with Crippen molar-refractivity contribution in [2.75, 3.05) is 23.8 Å². The molecule has 3 aromatic carbocycles. The van der Waals surface area contributed by atoms with E-state index in [0.717, 1.165) is 16.8 Å². The van der Waals surface area contributed by atoms with Crippen molar-refractivity contribution >= 4 is 29.1 Å². The van der Waals surface area contributed by atoms with Gasteiger partial charge < -0.3 is 10.1 Å². The minimum Gasteiger partial charge on any atom is -0.492 e. The summed E-state index contributed by atoms with van der Waals surface area (Å²) in [7, 11) is 0. The zero-order valence-corrected chi connectivity index (χ0v) is 18.8. The number of hydrogen-bond acceptors (Lipinski definition) is 5. The van der Waals surface area contributed by atoms with Crippen molar-refractivity contribution in [3.8, 4) is 28.3 Å². The minimum absolute atomic E-state index is 0.0410. The number of rotatable bonds is 8. The van der Waals surface area contributed by atoms with Crippen LogP contribution in [0, 0.1) is 0 Å². The summed E-state index contributed by atoms with van der Waals surface area (Å²) >= 11 is 6.04. The van der Waals surface area contributed by atoms with E-state index in [2.05, 4.69) is 20.6 Å². The van der Waals surface area contributed by atoms with Crippen molar-refractivity contribution < 1.29 is 9.53 Å². The van der Waals surface area contributed by atoms with Crippen LogP contribution in [0.15, 0.2) is 84.9 Å². The van der Waals surface area contributed by atoms with E-state index in [-0.39, 0.29) is 18.4 Å². The minimum atomic E-state index is -0.270. The largest absolute Gasteiger partial charge is 0.492 e. The molecule has 0 atom stereocenters. The Balaban J connectivity index is 1.57. The Morgan fingerprint density at radius 2 is 1.52 bits per heavy atom. The second-order valence-corrected chi connectivity index (χ2v) is 7.60. The number of amides is 1. The summed E-state index contributed by atoms with van der Waals surface area (Å²) in [6, 6.07) is 26.5. The van der Waals surface area contributed by atoms with Crippen LogP contribution in [0.25, 0.3) is 22.5 Å². The molecular formula is C26H23ClN4O2. The maximum absolute atomic E-state index is 12.7. The Kier molecular flexibility index (Phi) is 7.17. The molecule has 0 unspecified atom stereocenters. The van der Waals surface area contributed by atoms with Gasteiger partial charge in [-0.25, -0.2) is 9.97 Å². The summed E-state index contributed by atoms with van der Waals surface area (Å²) in [5.74, 6) is 0.653. The lowest BCUT2D eigenvalue weighted by molar-refractivity contribution is -0.114. The number of anilines is 2. The molecule has 0 spiro atoms. The summed E-state index contributed by atoms with van der Waals surface area (Å²) in [4.78, 5) is 21.8. The van der Waals surface area contributed by atoms with Gasteiger partial charge in [-0.2, -0.15) is 0 Å². The highest BCUT2D eigenvalue weighted by Crippen LogP contribution is 2.26. The van der Waals surface area contributed by atoms with Crippen LogP contribution in [-0.4, -0.2) is 29.0 Å². The molecule has 166 valence electrons. The van der Waals surface area contributed by atoms with Gasteiger partial charge in [-0.3, -0.25) is 10.1 Å². The normalized spacial score (nSPS) is 10.5. The first-order chi connectivity index (χ1) is 16.1. The highest BCUT2D eigenvalue weighted by Gasteiger charge is 2.12. The van der Waals surface area contributed by atoms with Crippen molar-refractivity contribution in [3.63, 3.8) is 0 Å². The lowest BCUT2D eigenvalue weighted by Crippen LogP contribution is -2.23. The fraction of sp³-hybridized carbons (Fsp3) is 0.115. The van der Waals surface area contributed by atoms with Crippen molar-refractivity contribution in [1.82, 2.24) is 9.97 Å². The molecule has 6 nitrogen and oxygen atoms in total. The molecule has 0 bridgehead atoms. The molecule has 4 rings (SSSR count). The smallest absolute Gasteiger partial charge is 0.246 e. The monoisotopic (exact) mass is 458 g/mol. The second kappa shape index (κ2) is 10.6. The Labute approximate surface area is 197 Å². The molecule has 33 heavy (non-hydrogen) atoms. The molecule has 0 aliphatic carbocycles. The first-order valence-electron chi connectivity index (χ1n) is 10.6. The highest BCUT2D eigenvalue weighted by atomic mass is 35.5. The molecule has 1 heterocycles. The van der Waals surface area contributed by atoms with Crippen LogP contribution in [0.4, 0.5) is 11.6 Å². The van der Waals surface area contributed by atoms with E-state index in [1.807, 2.05) is 79.7 Å². The van der Waals surface area contributed by atoms with Gasteiger partial charge in [0.25, 0.3) is 0 Å². The molecule has 0 saturated heterocycles. The Morgan fingerprint density at radius 3 is 2.21 bits per heavy atom. The van der Waals surface area contributed by atoms with Gasteiger partial charge in [0, 0.05) is 16.1 Å².